The van der Waals surface area contributed by atoms with E-state index in [1.165, 1.54) is 0 Å². The molecule has 0 saturated heterocycles. The first-order valence-corrected chi connectivity index (χ1v) is 8.95. The molecule has 0 atom stereocenters. The number of anilines is 2. The van der Waals surface area contributed by atoms with Crippen LogP contribution in [0.1, 0.15) is 15.9 Å². The molecule has 0 aliphatic rings. The molecule has 6 nitrogen and oxygen atoms in total. The van der Waals surface area contributed by atoms with E-state index < -0.39 is 0 Å². The first kappa shape index (κ1) is 19.5. The summed E-state index contributed by atoms with van der Waals surface area (Å²) in [6.45, 7) is 0.517. The predicted molar refractivity (Wildman–Crippen MR) is 111 cm³/mol. The van der Waals surface area contributed by atoms with Gasteiger partial charge in [0.1, 0.15) is 5.82 Å². The summed E-state index contributed by atoms with van der Waals surface area (Å²) in [5, 5.41) is 6.49. The Morgan fingerprint density at radius 1 is 1.04 bits per heavy atom. The number of carbonyl (C=O) groups is 1. The monoisotopic (exact) mass is 397 g/mol. The number of para-hydroxylation sites is 1. The largest absolute Gasteiger partial charge is 0.493 e. The number of ether oxygens (including phenoxy) is 2. The number of amides is 1. The second kappa shape index (κ2) is 9.10. The molecule has 0 spiro atoms. The number of nitrogens with zero attached hydrogens (tertiary/aromatic N) is 1. The Bertz CT molecular complexity index is 979. The molecule has 2 N–H and O–H groups in total. The molecule has 3 aromatic rings. The molecule has 0 fully saturated rings. The number of hydrogen-bond acceptors (Lipinski definition) is 5. The number of aromatic nitrogens is 1. The number of methoxy groups -OCH3 is 2. The van der Waals surface area contributed by atoms with E-state index in [0.717, 1.165) is 5.56 Å². The van der Waals surface area contributed by atoms with Crippen LogP contribution in [-0.2, 0) is 6.54 Å². The fraction of sp³-hybridized carbons (Fsp3) is 0.143. The molecular formula is C21H20ClN3O3. The first-order valence-electron chi connectivity index (χ1n) is 8.57. The third-order valence-electron chi connectivity index (χ3n) is 4.07. The lowest BCUT2D eigenvalue weighted by Crippen LogP contribution is -2.13. The van der Waals surface area contributed by atoms with E-state index in [4.69, 9.17) is 21.1 Å². The number of rotatable bonds is 7. The molecule has 0 bridgehead atoms. The minimum atomic E-state index is -0.260. The quantitative estimate of drug-likeness (QED) is 0.608. The molecule has 0 saturated carbocycles. The van der Waals surface area contributed by atoms with Crippen molar-refractivity contribution in [2.75, 3.05) is 24.9 Å². The highest BCUT2D eigenvalue weighted by Gasteiger charge is 2.10. The van der Waals surface area contributed by atoms with Gasteiger partial charge in [-0.3, -0.25) is 4.79 Å². The highest BCUT2D eigenvalue weighted by atomic mass is 35.5. The van der Waals surface area contributed by atoms with E-state index in [1.807, 2.05) is 24.3 Å². The van der Waals surface area contributed by atoms with Gasteiger partial charge < -0.3 is 20.1 Å². The Hall–Kier alpha value is -3.25. The van der Waals surface area contributed by atoms with Gasteiger partial charge in [0.25, 0.3) is 5.91 Å². The van der Waals surface area contributed by atoms with Gasteiger partial charge in [-0.15, -0.1) is 0 Å². The Labute approximate surface area is 168 Å². The summed E-state index contributed by atoms with van der Waals surface area (Å²) in [7, 11) is 3.19. The average Bonchev–Trinajstić information content (AvgIpc) is 2.73. The maximum atomic E-state index is 12.5. The van der Waals surface area contributed by atoms with E-state index in [9.17, 15) is 4.79 Å². The number of halogens is 1. The Morgan fingerprint density at radius 2 is 1.82 bits per heavy atom. The van der Waals surface area contributed by atoms with Crippen molar-refractivity contribution in [2.24, 2.45) is 0 Å². The molecule has 144 valence electrons. The van der Waals surface area contributed by atoms with Crippen LogP contribution in [0.3, 0.4) is 0 Å². The molecule has 0 radical (unpaired) electrons. The zero-order chi connectivity index (χ0) is 19.9. The van der Waals surface area contributed by atoms with E-state index in [0.29, 0.717) is 40.1 Å². The van der Waals surface area contributed by atoms with Crippen LogP contribution in [0.5, 0.6) is 11.5 Å². The SMILES string of the molecule is COc1ccc(CNc2cc(C(=O)Nc3ccccc3Cl)ccn2)cc1OC. The normalized spacial score (nSPS) is 10.2. The van der Waals surface area contributed by atoms with E-state index >= 15 is 0 Å². The van der Waals surface area contributed by atoms with Gasteiger partial charge in [0.05, 0.1) is 24.9 Å². The van der Waals surface area contributed by atoms with Crippen LogP contribution >= 0.6 is 11.6 Å². The molecule has 0 aliphatic heterocycles. The molecule has 1 aromatic heterocycles. The molecule has 2 aromatic carbocycles. The minimum Gasteiger partial charge on any atom is -0.493 e. The number of hydrogen-bond donors (Lipinski definition) is 2. The van der Waals surface area contributed by atoms with Crippen molar-refractivity contribution in [1.82, 2.24) is 4.98 Å². The minimum absolute atomic E-state index is 0.260. The maximum Gasteiger partial charge on any atom is 0.255 e. The molecule has 1 amide bonds. The molecule has 0 unspecified atom stereocenters. The second-order valence-electron chi connectivity index (χ2n) is 5.91. The van der Waals surface area contributed by atoms with E-state index in [-0.39, 0.29) is 5.91 Å². The summed E-state index contributed by atoms with van der Waals surface area (Å²) in [5.74, 6) is 1.65. The molecule has 7 heteroatoms. The third-order valence-corrected chi connectivity index (χ3v) is 4.40. The lowest BCUT2D eigenvalue weighted by atomic mass is 10.2. The van der Waals surface area contributed by atoms with Gasteiger partial charge in [-0.1, -0.05) is 29.8 Å². The van der Waals surface area contributed by atoms with Crippen molar-refractivity contribution in [1.29, 1.82) is 0 Å². The third kappa shape index (κ3) is 4.72. The number of carbonyl (C=O) groups excluding carboxylic acids is 1. The molecular weight excluding hydrogens is 378 g/mol. The summed E-state index contributed by atoms with van der Waals surface area (Å²) >= 11 is 6.09. The van der Waals surface area contributed by atoms with Crippen molar-refractivity contribution in [3.05, 3.63) is 76.9 Å². The summed E-state index contributed by atoms with van der Waals surface area (Å²) in [5.41, 5.74) is 2.03. The maximum absolute atomic E-state index is 12.5. The lowest BCUT2D eigenvalue weighted by molar-refractivity contribution is 0.102. The highest BCUT2D eigenvalue weighted by Crippen LogP contribution is 2.28. The molecule has 1 heterocycles. The van der Waals surface area contributed by atoms with Crippen LogP contribution in [0.4, 0.5) is 11.5 Å². The predicted octanol–water partition coefficient (Wildman–Crippen LogP) is 4.62. The van der Waals surface area contributed by atoms with Crippen molar-refractivity contribution in [2.45, 2.75) is 6.54 Å². The van der Waals surface area contributed by atoms with Gasteiger partial charge in [0, 0.05) is 18.3 Å². The fourth-order valence-corrected chi connectivity index (χ4v) is 2.79. The van der Waals surface area contributed by atoms with E-state index in [1.54, 1.807) is 50.7 Å². The van der Waals surface area contributed by atoms with Crippen molar-refractivity contribution in [3.8, 4) is 11.5 Å². The number of pyridine rings is 1. The van der Waals surface area contributed by atoms with E-state index in [2.05, 4.69) is 15.6 Å². The van der Waals surface area contributed by atoms with Crippen LogP contribution in [0.25, 0.3) is 0 Å². The van der Waals surface area contributed by atoms with Crippen LogP contribution in [0.15, 0.2) is 60.8 Å². The summed E-state index contributed by atoms with van der Waals surface area (Å²) < 4.78 is 10.6. The number of benzene rings is 2. The van der Waals surface area contributed by atoms with Gasteiger partial charge >= 0.3 is 0 Å². The first-order chi connectivity index (χ1) is 13.6. The van der Waals surface area contributed by atoms with Crippen molar-refractivity contribution < 1.29 is 14.3 Å². The summed E-state index contributed by atoms with van der Waals surface area (Å²) in [4.78, 5) is 16.8. The molecule has 28 heavy (non-hydrogen) atoms. The Balaban J connectivity index is 1.68. The zero-order valence-corrected chi connectivity index (χ0v) is 16.3. The van der Waals surface area contributed by atoms with Crippen LogP contribution in [0, 0.1) is 0 Å². The molecule has 3 rings (SSSR count). The smallest absolute Gasteiger partial charge is 0.255 e. The average molecular weight is 398 g/mol. The second-order valence-corrected chi connectivity index (χ2v) is 6.31. The topological polar surface area (TPSA) is 72.5 Å². The Kier molecular flexibility index (Phi) is 6.34. The summed E-state index contributed by atoms with van der Waals surface area (Å²) in [6.07, 6.45) is 1.58. The number of nitrogens with one attached hydrogen (secondary N) is 2. The van der Waals surface area contributed by atoms with Gasteiger partial charge in [-0.2, -0.15) is 0 Å². The van der Waals surface area contributed by atoms with Gasteiger partial charge in [-0.05, 0) is 42.0 Å². The van der Waals surface area contributed by atoms with Crippen molar-refractivity contribution >= 4 is 29.0 Å². The van der Waals surface area contributed by atoms with Gasteiger partial charge in [0.2, 0.25) is 0 Å². The Morgan fingerprint density at radius 3 is 2.57 bits per heavy atom. The molecule has 0 aliphatic carbocycles. The van der Waals surface area contributed by atoms with Crippen LogP contribution in [-0.4, -0.2) is 25.1 Å². The summed E-state index contributed by atoms with van der Waals surface area (Å²) in [6, 6.07) is 16.1. The highest BCUT2D eigenvalue weighted by molar-refractivity contribution is 6.33. The zero-order valence-electron chi connectivity index (χ0n) is 15.5. The van der Waals surface area contributed by atoms with Crippen LogP contribution in [0.2, 0.25) is 5.02 Å². The van der Waals surface area contributed by atoms with Crippen molar-refractivity contribution in [3.63, 3.8) is 0 Å². The van der Waals surface area contributed by atoms with Crippen LogP contribution < -0.4 is 20.1 Å². The van der Waals surface area contributed by atoms with Gasteiger partial charge in [0.15, 0.2) is 11.5 Å². The lowest BCUT2D eigenvalue weighted by Gasteiger charge is -2.11. The standard InChI is InChI=1S/C21H20ClN3O3/c1-27-18-8-7-14(11-19(18)28-2)13-24-20-12-15(9-10-23-20)21(26)25-17-6-4-3-5-16(17)22/h3-12H,13H2,1-2H3,(H,23,24)(H,25,26). The fourth-order valence-electron chi connectivity index (χ4n) is 2.61. The van der Waals surface area contributed by atoms with Gasteiger partial charge in [-0.25, -0.2) is 4.98 Å².